The molecule has 1 aliphatic carbocycles. The van der Waals surface area contributed by atoms with Crippen LogP contribution >= 0.6 is 11.3 Å². The summed E-state index contributed by atoms with van der Waals surface area (Å²) in [6.07, 6.45) is 5.48. The van der Waals surface area contributed by atoms with Gasteiger partial charge >= 0.3 is 5.97 Å². The average Bonchev–Trinajstić information content (AvgIpc) is 3.35. The van der Waals surface area contributed by atoms with Crippen LogP contribution in [-0.2, 0) is 22.4 Å². The van der Waals surface area contributed by atoms with E-state index < -0.39 is 18.0 Å². The van der Waals surface area contributed by atoms with E-state index in [0.717, 1.165) is 53.9 Å². The number of anilines is 1. The molecule has 2 N–H and O–H groups in total. The van der Waals surface area contributed by atoms with Gasteiger partial charge in [-0.3, -0.25) is 9.59 Å². The molecule has 9 nitrogen and oxygen atoms in total. The number of benzene rings is 2. The third-order valence-electron chi connectivity index (χ3n) is 7.05. The summed E-state index contributed by atoms with van der Waals surface area (Å²) in [5, 5.41) is 7.45. The molecule has 0 aliphatic heterocycles. The molecule has 2 atom stereocenters. The summed E-state index contributed by atoms with van der Waals surface area (Å²) in [4.78, 5) is 39.5. The Hall–Kier alpha value is -4.18. The topological polar surface area (TPSA) is 115 Å². The fourth-order valence-corrected chi connectivity index (χ4v) is 6.02. The Bertz CT molecular complexity index is 1430. The zero-order valence-corrected chi connectivity index (χ0v) is 25.9. The highest BCUT2D eigenvalue weighted by Crippen LogP contribution is 2.40. The van der Waals surface area contributed by atoms with Gasteiger partial charge in [0, 0.05) is 10.4 Å². The summed E-state index contributed by atoms with van der Waals surface area (Å²) in [7, 11) is 0. The molecule has 0 saturated heterocycles. The standard InChI is InChI=1S/C33H39N3O6S/c1-5-7-18-41-25-13-9-23(10-14-25)20-34-36-30(37)22(4)42-26-15-11-24(12-16-26)31(38)35-32-29(33(39)40-6-2)27-17-8-21(3)19-28(27)43-32/h9-16,20-22H,5-8,17-19H2,1-4H3,(H,35,38)(H,36,37)/b34-20+. The third kappa shape index (κ3) is 8.67. The van der Waals surface area contributed by atoms with E-state index in [2.05, 4.69) is 29.7 Å². The zero-order valence-electron chi connectivity index (χ0n) is 25.1. The van der Waals surface area contributed by atoms with Crippen LogP contribution in [0.4, 0.5) is 5.00 Å². The number of unbranched alkanes of at least 4 members (excludes halogenated alkanes) is 1. The number of nitrogens with one attached hydrogen (secondary N) is 2. The van der Waals surface area contributed by atoms with Crippen molar-refractivity contribution in [2.24, 2.45) is 11.0 Å². The summed E-state index contributed by atoms with van der Waals surface area (Å²) >= 11 is 1.45. The van der Waals surface area contributed by atoms with Crippen LogP contribution in [0.15, 0.2) is 53.6 Å². The zero-order chi connectivity index (χ0) is 30.8. The molecule has 0 radical (unpaired) electrons. The molecule has 0 fully saturated rings. The number of carbonyl (C=O) groups is 3. The number of rotatable bonds is 13. The van der Waals surface area contributed by atoms with Crippen LogP contribution in [0.3, 0.4) is 0 Å². The largest absolute Gasteiger partial charge is 0.494 e. The van der Waals surface area contributed by atoms with Crippen molar-refractivity contribution < 1.29 is 28.6 Å². The molecule has 1 aromatic heterocycles. The summed E-state index contributed by atoms with van der Waals surface area (Å²) in [6, 6.07) is 13.9. The number of ether oxygens (including phenoxy) is 3. The molecule has 2 amide bonds. The Kier molecular flexibility index (Phi) is 11.3. The van der Waals surface area contributed by atoms with Crippen molar-refractivity contribution in [3.63, 3.8) is 0 Å². The van der Waals surface area contributed by atoms with E-state index in [4.69, 9.17) is 14.2 Å². The Balaban J connectivity index is 1.31. The van der Waals surface area contributed by atoms with Crippen LogP contribution in [0.5, 0.6) is 11.5 Å². The summed E-state index contributed by atoms with van der Waals surface area (Å²) in [5.41, 5.74) is 5.15. The van der Waals surface area contributed by atoms with Gasteiger partial charge in [0.15, 0.2) is 6.10 Å². The second kappa shape index (κ2) is 15.3. The Morgan fingerprint density at radius 3 is 2.49 bits per heavy atom. The van der Waals surface area contributed by atoms with Crippen molar-refractivity contribution in [1.29, 1.82) is 0 Å². The molecule has 0 spiro atoms. The molecule has 3 aromatic rings. The molecular weight excluding hydrogens is 566 g/mol. The minimum atomic E-state index is -0.821. The van der Waals surface area contributed by atoms with Crippen molar-refractivity contribution in [2.75, 3.05) is 18.5 Å². The van der Waals surface area contributed by atoms with Gasteiger partial charge in [-0.2, -0.15) is 5.10 Å². The summed E-state index contributed by atoms with van der Waals surface area (Å²) in [5.74, 6) is 0.581. The number of hydrogen-bond acceptors (Lipinski definition) is 8. The smallest absolute Gasteiger partial charge is 0.341 e. The Morgan fingerprint density at radius 2 is 1.79 bits per heavy atom. The summed E-state index contributed by atoms with van der Waals surface area (Å²) in [6.45, 7) is 8.64. The normalized spacial score (nSPS) is 14.9. The molecule has 0 bridgehead atoms. The van der Waals surface area contributed by atoms with Crippen LogP contribution in [0, 0.1) is 5.92 Å². The van der Waals surface area contributed by atoms with Gasteiger partial charge in [-0.1, -0.05) is 20.3 Å². The van der Waals surface area contributed by atoms with E-state index in [0.29, 0.717) is 34.4 Å². The Labute approximate surface area is 256 Å². The minimum absolute atomic E-state index is 0.264. The number of hydrazone groups is 1. The lowest BCUT2D eigenvalue weighted by molar-refractivity contribution is -0.127. The van der Waals surface area contributed by atoms with E-state index in [1.807, 2.05) is 24.3 Å². The molecule has 4 rings (SSSR count). The highest BCUT2D eigenvalue weighted by Gasteiger charge is 2.29. The summed E-state index contributed by atoms with van der Waals surface area (Å²) < 4.78 is 16.7. The number of hydrogen-bond donors (Lipinski definition) is 2. The van der Waals surface area contributed by atoms with Crippen molar-refractivity contribution in [3.05, 3.63) is 75.7 Å². The lowest BCUT2D eigenvalue weighted by Crippen LogP contribution is -2.33. The van der Waals surface area contributed by atoms with Crippen LogP contribution in [0.25, 0.3) is 0 Å². The molecule has 2 aromatic carbocycles. The first kappa shape index (κ1) is 31.7. The lowest BCUT2D eigenvalue weighted by atomic mass is 9.88. The van der Waals surface area contributed by atoms with Gasteiger partial charge in [0.1, 0.15) is 16.5 Å². The SMILES string of the molecule is CCCCOc1ccc(/C=N/NC(=O)C(C)Oc2ccc(C(=O)Nc3sc4c(c3C(=O)OCC)CCC(C)C4)cc2)cc1. The first-order chi connectivity index (χ1) is 20.8. The maximum atomic E-state index is 13.1. The van der Waals surface area contributed by atoms with Crippen LogP contribution in [-0.4, -0.2) is 43.3 Å². The number of amides is 2. The van der Waals surface area contributed by atoms with Gasteiger partial charge < -0.3 is 19.5 Å². The van der Waals surface area contributed by atoms with E-state index in [9.17, 15) is 14.4 Å². The van der Waals surface area contributed by atoms with E-state index in [1.54, 1.807) is 44.3 Å². The van der Waals surface area contributed by atoms with E-state index in [-0.39, 0.29) is 12.5 Å². The maximum Gasteiger partial charge on any atom is 0.341 e. The molecule has 1 aliphatic rings. The molecule has 10 heteroatoms. The van der Waals surface area contributed by atoms with Crippen molar-refractivity contribution in [2.45, 2.75) is 65.9 Å². The first-order valence-electron chi connectivity index (χ1n) is 14.7. The highest BCUT2D eigenvalue weighted by molar-refractivity contribution is 7.17. The van der Waals surface area contributed by atoms with Crippen LogP contribution < -0.4 is 20.2 Å². The van der Waals surface area contributed by atoms with Gasteiger partial charge in [-0.15, -0.1) is 11.3 Å². The monoisotopic (exact) mass is 605 g/mol. The lowest BCUT2D eigenvalue weighted by Gasteiger charge is -2.18. The number of esters is 1. The van der Waals surface area contributed by atoms with Gasteiger partial charge in [0.2, 0.25) is 0 Å². The quantitative estimate of drug-likeness (QED) is 0.101. The minimum Gasteiger partial charge on any atom is -0.494 e. The Morgan fingerprint density at radius 1 is 1.07 bits per heavy atom. The molecule has 2 unspecified atom stereocenters. The number of fused-ring (bicyclic) bond motifs is 1. The third-order valence-corrected chi connectivity index (χ3v) is 8.22. The highest BCUT2D eigenvalue weighted by atomic mass is 32.1. The fourth-order valence-electron chi connectivity index (χ4n) is 4.62. The predicted molar refractivity (Wildman–Crippen MR) is 169 cm³/mol. The molecule has 1 heterocycles. The fraction of sp³-hybridized carbons (Fsp3) is 0.394. The first-order valence-corrected chi connectivity index (χ1v) is 15.6. The van der Waals surface area contributed by atoms with E-state index >= 15 is 0 Å². The van der Waals surface area contributed by atoms with Crippen molar-refractivity contribution >= 4 is 40.3 Å². The number of thiophene rings is 1. The number of nitrogens with zero attached hydrogens (tertiary/aromatic N) is 1. The number of carbonyl (C=O) groups excluding carboxylic acids is 3. The van der Waals surface area contributed by atoms with Crippen molar-refractivity contribution in [1.82, 2.24) is 5.43 Å². The van der Waals surface area contributed by atoms with Gasteiger partial charge in [-0.25, -0.2) is 10.2 Å². The van der Waals surface area contributed by atoms with Gasteiger partial charge in [-0.05, 0) is 105 Å². The average molecular weight is 606 g/mol. The van der Waals surface area contributed by atoms with Crippen LogP contribution in [0.1, 0.15) is 83.7 Å². The second-order valence-corrected chi connectivity index (χ2v) is 11.6. The molecular formula is C33H39N3O6S. The molecule has 228 valence electrons. The van der Waals surface area contributed by atoms with Gasteiger partial charge in [0.05, 0.1) is 25.0 Å². The van der Waals surface area contributed by atoms with Gasteiger partial charge in [0.25, 0.3) is 11.8 Å². The van der Waals surface area contributed by atoms with E-state index in [1.165, 1.54) is 11.3 Å². The van der Waals surface area contributed by atoms with Crippen LogP contribution in [0.2, 0.25) is 0 Å². The van der Waals surface area contributed by atoms with Crippen molar-refractivity contribution in [3.8, 4) is 11.5 Å². The maximum absolute atomic E-state index is 13.1. The second-order valence-electron chi connectivity index (χ2n) is 10.5. The molecule has 0 saturated carbocycles. The molecule has 43 heavy (non-hydrogen) atoms. The predicted octanol–water partition coefficient (Wildman–Crippen LogP) is 6.40.